The molecule has 1 saturated heterocycles. The zero-order valence-electron chi connectivity index (χ0n) is 19.8. The molecular weight excluding hydrogens is 456 g/mol. The fourth-order valence-corrected chi connectivity index (χ4v) is 5.18. The summed E-state index contributed by atoms with van der Waals surface area (Å²) in [4.78, 5) is 14.7. The molecule has 2 aliphatic rings. The van der Waals surface area contributed by atoms with Crippen LogP contribution in [0.15, 0.2) is 102 Å². The number of hydrogen-bond acceptors (Lipinski definition) is 5. The molecule has 4 atom stereocenters. The van der Waals surface area contributed by atoms with Crippen molar-refractivity contribution in [3.8, 4) is 6.01 Å². The molecular formula is C29H27N2O5+. The third-order valence-electron chi connectivity index (χ3n) is 6.99. The number of aliphatic hydroxyl groups is 1. The molecule has 7 heteroatoms. The first-order valence-corrected chi connectivity index (χ1v) is 12.0. The maximum Gasteiger partial charge on any atom is 0.459 e. The Hall–Kier alpha value is -3.78. The molecule has 0 amide bonds. The summed E-state index contributed by atoms with van der Waals surface area (Å²) < 4.78 is 20.7. The SMILES string of the molecule is Cc1c[n+]2c([nH]c1=O)OC1C(O)C(COC(c3ccccc3)(c3ccccc3)c3ccccc3)OC12. The molecule has 0 bridgehead atoms. The minimum atomic E-state index is -0.946. The van der Waals surface area contributed by atoms with E-state index in [0.29, 0.717) is 5.56 Å². The van der Waals surface area contributed by atoms with Gasteiger partial charge in [0, 0.05) is 0 Å². The van der Waals surface area contributed by atoms with Gasteiger partial charge in [-0.2, -0.15) is 9.55 Å². The van der Waals surface area contributed by atoms with Crippen LogP contribution in [-0.2, 0) is 15.1 Å². The van der Waals surface area contributed by atoms with Crippen LogP contribution in [0.1, 0.15) is 28.5 Å². The van der Waals surface area contributed by atoms with E-state index in [-0.39, 0.29) is 18.2 Å². The van der Waals surface area contributed by atoms with E-state index in [0.717, 1.165) is 16.7 Å². The van der Waals surface area contributed by atoms with E-state index >= 15 is 0 Å². The first-order chi connectivity index (χ1) is 17.6. The van der Waals surface area contributed by atoms with Gasteiger partial charge in [0.2, 0.25) is 12.3 Å². The van der Waals surface area contributed by atoms with Gasteiger partial charge >= 0.3 is 11.6 Å². The van der Waals surface area contributed by atoms with Crippen molar-refractivity contribution in [3.63, 3.8) is 0 Å². The van der Waals surface area contributed by atoms with Crippen molar-refractivity contribution in [2.24, 2.45) is 0 Å². The van der Waals surface area contributed by atoms with Crippen LogP contribution in [0.2, 0.25) is 0 Å². The lowest BCUT2D eigenvalue weighted by molar-refractivity contribution is -0.747. The van der Waals surface area contributed by atoms with Crippen LogP contribution in [0, 0.1) is 6.92 Å². The van der Waals surface area contributed by atoms with Crippen molar-refractivity contribution < 1.29 is 23.9 Å². The molecule has 182 valence electrons. The van der Waals surface area contributed by atoms with Crippen LogP contribution in [0.5, 0.6) is 6.01 Å². The van der Waals surface area contributed by atoms with Crippen molar-refractivity contribution in [2.75, 3.05) is 6.61 Å². The Morgan fingerprint density at radius 2 is 1.44 bits per heavy atom. The summed E-state index contributed by atoms with van der Waals surface area (Å²) in [6, 6.07) is 30.5. The van der Waals surface area contributed by atoms with Crippen molar-refractivity contribution >= 4 is 0 Å². The molecule has 36 heavy (non-hydrogen) atoms. The summed E-state index contributed by atoms with van der Waals surface area (Å²) in [7, 11) is 0. The van der Waals surface area contributed by atoms with Gasteiger partial charge in [-0.25, -0.2) is 4.79 Å². The fourth-order valence-electron chi connectivity index (χ4n) is 5.18. The molecule has 2 aliphatic heterocycles. The van der Waals surface area contributed by atoms with E-state index in [1.165, 1.54) is 0 Å². The summed E-state index contributed by atoms with van der Waals surface area (Å²) in [5.41, 5.74) is 2.31. The van der Waals surface area contributed by atoms with E-state index in [1.54, 1.807) is 17.7 Å². The van der Waals surface area contributed by atoms with Crippen LogP contribution in [0.4, 0.5) is 0 Å². The van der Waals surface area contributed by atoms with Crippen molar-refractivity contribution in [3.05, 3.63) is 130 Å². The summed E-state index contributed by atoms with van der Waals surface area (Å²) in [6.07, 6.45) is -1.09. The van der Waals surface area contributed by atoms with Gasteiger partial charge in [-0.05, 0) is 23.6 Å². The predicted octanol–water partition coefficient (Wildman–Crippen LogP) is 3.00. The largest absolute Gasteiger partial charge is 0.459 e. The number of aliphatic hydroxyl groups excluding tert-OH is 1. The Labute approximate surface area is 208 Å². The van der Waals surface area contributed by atoms with Gasteiger partial charge in [-0.1, -0.05) is 91.0 Å². The van der Waals surface area contributed by atoms with Gasteiger partial charge < -0.3 is 19.3 Å². The zero-order valence-corrected chi connectivity index (χ0v) is 19.8. The average molecular weight is 484 g/mol. The highest BCUT2D eigenvalue weighted by Gasteiger charge is 2.56. The van der Waals surface area contributed by atoms with Gasteiger partial charge in [-0.3, -0.25) is 0 Å². The van der Waals surface area contributed by atoms with E-state index in [1.807, 2.05) is 54.6 Å². The Morgan fingerprint density at radius 3 is 1.97 bits per heavy atom. The summed E-state index contributed by atoms with van der Waals surface area (Å²) in [5, 5.41) is 11.1. The standard InChI is InChI=1S/C29H26N2O5/c1-19-17-31-27-25(36-28(31)30-26(19)33)24(32)23(35-27)18-34-29(20-11-5-2-6-12-20,21-13-7-3-8-14-21)22-15-9-4-10-16-22/h2-17,23-25,27,32H,18H2,1H3/p+1. The van der Waals surface area contributed by atoms with Gasteiger partial charge in [0.05, 0.1) is 12.2 Å². The Balaban J connectivity index is 1.36. The van der Waals surface area contributed by atoms with Crippen molar-refractivity contribution in [2.45, 2.75) is 37.1 Å². The molecule has 0 spiro atoms. The number of aryl methyl sites for hydroxylation is 1. The maximum atomic E-state index is 12.0. The van der Waals surface area contributed by atoms with Gasteiger partial charge in [0.15, 0.2) is 0 Å². The molecule has 0 radical (unpaired) electrons. The minimum absolute atomic E-state index is 0.119. The second-order valence-electron chi connectivity index (χ2n) is 9.21. The maximum absolute atomic E-state index is 12.0. The molecule has 6 rings (SSSR count). The Kier molecular flexibility index (Phi) is 5.68. The van der Waals surface area contributed by atoms with Crippen molar-refractivity contribution in [1.29, 1.82) is 0 Å². The van der Waals surface area contributed by atoms with Crippen LogP contribution in [-0.4, -0.2) is 35.0 Å². The minimum Gasteiger partial charge on any atom is -0.417 e. The number of nitrogens with zero attached hydrogens (tertiary/aromatic N) is 1. The molecule has 1 aromatic heterocycles. The summed E-state index contributed by atoms with van der Waals surface area (Å²) in [6.45, 7) is 1.84. The molecule has 7 nitrogen and oxygen atoms in total. The quantitative estimate of drug-likeness (QED) is 0.325. The Bertz CT molecular complexity index is 1310. The van der Waals surface area contributed by atoms with Gasteiger partial charge in [0.25, 0.3) is 0 Å². The number of benzene rings is 3. The number of aromatic nitrogens is 2. The second-order valence-corrected chi connectivity index (χ2v) is 9.21. The van der Waals surface area contributed by atoms with Crippen LogP contribution in [0.3, 0.4) is 0 Å². The Morgan fingerprint density at radius 1 is 0.917 bits per heavy atom. The second kappa shape index (κ2) is 9.02. The zero-order chi connectivity index (χ0) is 24.7. The number of ether oxygens (including phenoxy) is 3. The lowest BCUT2D eigenvalue weighted by Gasteiger charge is -2.37. The highest BCUT2D eigenvalue weighted by atomic mass is 16.6. The summed E-state index contributed by atoms with van der Waals surface area (Å²) in [5.74, 6) is 0. The number of H-pyrrole nitrogens is 1. The topological polar surface area (TPSA) is 84.7 Å². The average Bonchev–Trinajstić information content (AvgIpc) is 3.42. The molecule has 3 aromatic carbocycles. The highest BCUT2D eigenvalue weighted by molar-refractivity contribution is 5.47. The molecule has 4 aromatic rings. The predicted molar refractivity (Wildman–Crippen MR) is 131 cm³/mol. The molecule has 0 aliphatic carbocycles. The lowest BCUT2D eigenvalue weighted by atomic mass is 9.80. The molecule has 0 saturated carbocycles. The van der Waals surface area contributed by atoms with E-state index in [2.05, 4.69) is 41.4 Å². The van der Waals surface area contributed by atoms with Gasteiger partial charge in [-0.15, -0.1) is 0 Å². The molecule has 4 unspecified atom stereocenters. The number of aromatic amines is 1. The number of nitrogens with one attached hydrogen (secondary N) is 1. The highest BCUT2D eigenvalue weighted by Crippen LogP contribution is 2.42. The van der Waals surface area contributed by atoms with E-state index in [4.69, 9.17) is 14.2 Å². The normalized spacial score (nSPS) is 22.6. The summed E-state index contributed by atoms with van der Waals surface area (Å²) >= 11 is 0. The molecule has 1 fully saturated rings. The monoisotopic (exact) mass is 483 g/mol. The van der Waals surface area contributed by atoms with Crippen LogP contribution >= 0.6 is 0 Å². The number of rotatable bonds is 6. The third-order valence-corrected chi connectivity index (χ3v) is 6.99. The third kappa shape index (κ3) is 3.64. The molecule has 2 N–H and O–H groups in total. The number of hydrogen-bond donors (Lipinski definition) is 2. The molecule has 3 heterocycles. The smallest absolute Gasteiger partial charge is 0.417 e. The van der Waals surface area contributed by atoms with Gasteiger partial charge in [0.1, 0.15) is 24.0 Å². The first kappa shape index (κ1) is 22.7. The van der Waals surface area contributed by atoms with Crippen LogP contribution in [0.25, 0.3) is 0 Å². The first-order valence-electron chi connectivity index (χ1n) is 12.0. The van der Waals surface area contributed by atoms with E-state index in [9.17, 15) is 9.90 Å². The van der Waals surface area contributed by atoms with Crippen molar-refractivity contribution in [1.82, 2.24) is 4.98 Å². The fraction of sp³-hybridized carbons (Fsp3) is 0.241. The van der Waals surface area contributed by atoms with Crippen LogP contribution < -0.4 is 14.9 Å². The lowest BCUT2D eigenvalue weighted by Crippen LogP contribution is -2.41. The number of fused-ring (bicyclic) bond motifs is 3. The van der Waals surface area contributed by atoms with E-state index < -0.39 is 30.1 Å².